The van der Waals surface area contributed by atoms with Crippen LogP contribution in [0.3, 0.4) is 0 Å². The van der Waals surface area contributed by atoms with Gasteiger partial charge in [-0.2, -0.15) is 0 Å². The smallest absolute Gasteiger partial charge is 0.276 e. The first-order valence-electron chi connectivity index (χ1n) is 10.7. The van der Waals surface area contributed by atoms with Crippen molar-refractivity contribution in [2.75, 3.05) is 32.5 Å². The molecule has 0 aliphatic carbocycles. The van der Waals surface area contributed by atoms with Gasteiger partial charge in [-0.25, -0.2) is 4.98 Å². The first-order chi connectivity index (χ1) is 15.5. The van der Waals surface area contributed by atoms with Gasteiger partial charge in [0.25, 0.3) is 11.8 Å². The van der Waals surface area contributed by atoms with Crippen LogP contribution in [0, 0.1) is 6.92 Å². The molecule has 0 radical (unpaired) electrons. The summed E-state index contributed by atoms with van der Waals surface area (Å²) in [7, 11) is 3.75. The SMILES string of the molecule is CNC.Cc1ncc(-c2cccc(C(=O)N3CCCC3)c2)nc1C(=O)Nc1ccccc1.[HH].[HH].[HH]. The summed E-state index contributed by atoms with van der Waals surface area (Å²) < 4.78 is 0. The first kappa shape index (κ1) is 23.1. The number of para-hydroxylation sites is 1. The Bertz CT molecular complexity index is 1080. The molecule has 2 heterocycles. The van der Waals surface area contributed by atoms with Crippen LogP contribution in [-0.4, -0.2) is 53.9 Å². The fraction of sp³-hybridized carbons (Fsp3) is 0.280. The topological polar surface area (TPSA) is 87.2 Å². The van der Waals surface area contributed by atoms with E-state index in [1.807, 2.05) is 73.6 Å². The predicted octanol–water partition coefficient (Wildman–Crippen LogP) is 4.51. The Kier molecular flexibility index (Phi) is 8.05. The third-order valence-electron chi connectivity index (χ3n) is 5.00. The zero-order valence-electron chi connectivity index (χ0n) is 18.8. The standard InChI is InChI=1S/C23H22N4O2.C2H7N.3H2/c1-16-21(22(28)25-19-10-3-2-4-11-19)26-20(15-24-16)17-8-7-9-18(14-17)23(29)27-12-5-6-13-27;1-3-2;;;/h2-4,7-11,14-15H,5-6,12-13H2,1H3,(H,25,28);3H,1-2H3;3*1H. The summed E-state index contributed by atoms with van der Waals surface area (Å²) in [6, 6.07) is 16.6. The number of benzene rings is 2. The number of carbonyl (C=O) groups excluding carboxylic acids is 2. The van der Waals surface area contributed by atoms with Crippen LogP contribution in [-0.2, 0) is 0 Å². The van der Waals surface area contributed by atoms with E-state index in [0.717, 1.165) is 31.5 Å². The molecule has 1 aliphatic heterocycles. The molecule has 7 nitrogen and oxygen atoms in total. The summed E-state index contributed by atoms with van der Waals surface area (Å²) in [5.74, 6) is -0.279. The second kappa shape index (κ2) is 11.2. The lowest BCUT2D eigenvalue weighted by Crippen LogP contribution is -2.27. The van der Waals surface area contributed by atoms with E-state index in [1.165, 1.54) is 0 Å². The van der Waals surface area contributed by atoms with Crippen molar-refractivity contribution in [1.29, 1.82) is 0 Å². The highest BCUT2D eigenvalue weighted by molar-refractivity contribution is 6.03. The predicted molar refractivity (Wildman–Crippen MR) is 133 cm³/mol. The molecule has 1 fully saturated rings. The summed E-state index contributed by atoms with van der Waals surface area (Å²) in [6.45, 7) is 3.36. The number of anilines is 1. The second-order valence-electron chi connectivity index (χ2n) is 7.59. The van der Waals surface area contributed by atoms with Crippen molar-refractivity contribution < 1.29 is 13.9 Å². The summed E-state index contributed by atoms with van der Waals surface area (Å²) >= 11 is 0. The number of hydrogen-bond donors (Lipinski definition) is 2. The number of aryl methyl sites for hydroxylation is 1. The Balaban J connectivity index is 0.00000183. The Hall–Kier alpha value is -3.58. The van der Waals surface area contributed by atoms with Gasteiger partial charge in [0.1, 0.15) is 5.69 Å². The molecule has 1 aliphatic rings. The summed E-state index contributed by atoms with van der Waals surface area (Å²) in [5, 5.41) is 5.59. The van der Waals surface area contributed by atoms with E-state index in [-0.39, 0.29) is 21.8 Å². The Morgan fingerprint density at radius 3 is 2.38 bits per heavy atom. The maximum absolute atomic E-state index is 12.7. The van der Waals surface area contributed by atoms with Crippen molar-refractivity contribution in [3.63, 3.8) is 0 Å². The zero-order valence-corrected chi connectivity index (χ0v) is 18.8. The van der Waals surface area contributed by atoms with Gasteiger partial charge in [-0.3, -0.25) is 14.6 Å². The van der Waals surface area contributed by atoms with Crippen LogP contribution in [0.25, 0.3) is 11.3 Å². The lowest BCUT2D eigenvalue weighted by atomic mass is 10.1. The van der Waals surface area contributed by atoms with Crippen molar-refractivity contribution in [3.8, 4) is 11.3 Å². The normalized spacial score (nSPS) is 12.7. The lowest BCUT2D eigenvalue weighted by molar-refractivity contribution is 0.0792. The summed E-state index contributed by atoms with van der Waals surface area (Å²) in [4.78, 5) is 36.1. The van der Waals surface area contributed by atoms with Crippen molar-refractivity contribution in [2.24, 2.45) is 0 Å². The largest absolute Gasteiger partial charge is 0.339 e. The molecule has 1 saturated heterocycles. The van der Waals surface area contributed by atoms with Crippen LogP contribution in [0.1, 0.15) is 43.7 Å². The Labute approximate surface area is 193 Å². The molecular weight excluding hydrogens is 402 g/mol. The molecule has 7 heteroatoms. The van der Waals surface area contributed by atoms with Crippen molar-refractivity contribution in [3.05, 3.63) is 77.7 Å². The average Bonchev–Trinajstić information content (AvgIpc) is 3.35. The van der Waals surface area contributed by atoms with Crippen LogP contribution in [0.2, 0.25) is 0 Å². The van der Waals surface area contributed by atoms with Crippen LogP contribution in [0.4, 0.5) is 5.69 Å². The molecule has 172 valence electrons. The Morgan fingerprint density at radius 1 is 1.00 bits per heavy atom. The molecule has 2 aromatic carbocycles. The molecule has 32 heavy (non-hydrogen) atoms. The molecule has 0 saturated carbocycles. The average molecular weight is 438 g/mol. The second-order valence-corrected chi connectivity index (χ2v) is 7.59. The van der Waals surface area contributed by atoms with Crippen LogP contribution in [0.5, 0.6) is 0 Å². The third kappa shape index (κ3) is 5.76. The van der Waals surface area contributed by atoms with Crippen LogP contribution in [0.15, 0.2) is 60.8 Å². The van der Waals surface area contributed by atoms with Crippen molar-refractivity contribution in [1.82, 2.24) is 20.2 Å². The van der Waals surface area contributed by atoms with E-state index in [0.29, 0.717) is 22.6 Å². The highest BCUT2D eigenvalue weighted by atomic mass is 16.2. The van der Waals surface area contributed by atoms with E-state index in [9.17, 15) is 9.59 Å². The van der Waals surface area contributed by atoms with E-state index in [4.69, 9.17) is 0 Å². The Morgan fingerprint density at radius 2 is 1.69 bits per heavy atom. The van der Waals surface area contributed by atoms with Gasteiger partial charge >= 0.3 is 0 Å². The maximum Gasteiger partial charge on any atom is 0.276 e. The van der Waals surface area contributed by atoms with Gasteiger partial charge in [0, 0.05) is 34.2 Å². The molecular formula is C25H35N5O2. The quantitative estimate of drug-likeness (QED) is 0.627. The number of rotatable bonds is 4. The molecule has 1 aromatic heterocycles. The number of amides is 2. The minimum absolute atomic E-state index is 0. The van der Waals surface area contributed by atoms with E-state index >= 15 is 0 Å². The molecule has 2 amide bonds. The first-order valence-corrected chi connectivity index (χ1v) is 10.7. The van der Waals surface area contributed by atoms with Gasteiger partial charge in [-0.05, 0) is 58.1 Å². The number of nitrogens with zero attached hydrogens (tertiary/aromatic N) is 3. The van der Waals surface area contributed by atoms with E-state index in [1.54, 1.807) is 13.1 Å². The molecule has 2 N–H and O–H groups in total. The van der Waals surface area contributed by atoms with Gasteiger partial charge in [0.2, 0.25) is 0 Å². The lowest BCUT2D eigenvalue weighted by Gasteiger charge is -2.15. The van der Waals surface area contributed by atoms with E-state index < -0.39 is 0 Å². The van der Waals surface area contributed by atoms with Gasteiger partial charge in [0.15, 0.2) is 0 Å². The highest BCUT2D eigenvalue weighted by Crippen LogP contribution is 2.21. The minimum atomic E-state index is -0.313. The maximum atomic E-state index is 12.7. The monoisotopic (exact) mass is 437 g/mol. The highest BCUT2D eigenvalue weighted by Gasteiger charge is 2.20. The van der Waals surface area contributed by atoms with Gasteiger partial charge in [-0.15, -0.1) is 0 Å². The summed E-state index contributed by atoms with van der Waals surface area (Å²) in [6.07, 6.45) is 3.73. The number of likely N-dealkylation sites (tertiary alicyclic amines) is 1. The molecule has 0 atom stereocenters. The summed E-state index contributed by atoms with van der Waals surface area (Å²) in [5.41, 5.74) is 3.46. The fourth-order valence-corrected chi connectivity index (χ4v) is 3.43. The number of hydrogen-bond acceptors (Lipinski definition) is 5. The van der Waals surface area contributed by atoms with Crippen molar-refractivity contribution in [2.45, 2.75) is 19.8 Å². The molecule has 0 spiro atoms. The van der Waals surface area contributed by atoms with Crippen LogP contribution < -0.4 is 10.6 Å². The number of aromatic nitrogens is 2. The van der Waals surface area contributed by atoms with Crippen LogP contribution >= 0.6 is 0 Å². The molecule has 0 bridgehead atoms. The minimum Gasteiger partial charge on any atom is -0.339 e. The molecule has 0 unspecified atom stereocenters. The number of carbonyl (C=O) groups is 2. The van der Waals surface area contributed by atoms with Gasteiger partial charge < -0.3 is 15.5 Å². The molecule has 4 rings (SSSR count). The third-order valence-corrected chi connectivity index (χ3v) is 5.00. The molecule has 3 aromatic rings. The van der Waals surface area contributed by atoms with Gasteiger partial charge in [-0.1, -0.05) is 30.3 Å². The zero-order chi connectivity index (χ0) is 22.9. The fourth-order valence-electron chi connectivity index (χ4n) is 3.43. The van der Waals surface area contributed by atoms with Gasteiger partial charge in [0.05, 0.1) is 17.6 Å². The van der Waals surface area contributed by atoms with E-state index in [2.05, 4.69) is 20.6 Å². The number of nitrogens with one attached hydrogen (secondary N) is 2. The van der Waals surface area contributed by atoms with Crippen molar-refractivity contribution >= 4 is 17.5 Å².